The van der Waals surface area contributed by atoms with E-state index in [1.807, 2.05) is 0 Å². The first-order chi connectivity index (χ1) is 9.13. The standard InChI is InChI=1S/C15H23N3S/c1-10(2)11-3-4-14(16)12(7-11)8-13-9-18-5-6-19-15(18)17-13/h5-6,9-12,14H,3-4,7-8,16H2,1-2H3. The molecular formula is C15H23N3S. The number of fused-ring (bicyclic) bond motifs is 1. The molecule has 1 aliphatic rings. The lowest BCUT2D eigenvalue weighted by molar-refractivity contribution is 0.189. The third-order valence-electron chi connectivity index (χ3n) is 4.64. The zero-order valence-corrected chi connectivity index (χ0v) is 12.6. The van der Waals surface area contributed by atoms with Crippen molar-refractivity contribution in [2.24, 2.45) is 23.5 Å². The maximum absolute atomic E-state index is 6.33. The Balaban J connectivity index is 1.71. The van der Waals surface area contributed by atoms with Gasteiger partial charge in [-0.05, 0) is 43.4 Å². The third kappa shape index (κ3) is 2.70. The Morgan fingerprint density at radius 3 is 3.05 bits per heavy atom. The molecule has 0 aliphatic heterocycles. The summed E-state index contributed by atoms with van der Waals surface area (Å²) < 4.78 is 2.12. The fourth-order valence-electron chi connectivity index (χ4n) is 3.31. The lowest BCUT2D eigenvalue weighted by atomic mass is 9.72. The summed E-state index contributed by atoms with van der Waals surface area (Å²) in [5.74, 6) is 2.22. The molecule has 0 spiro atoms. The number of nitrogens with two attached hydrogens (primary N) is 1. The first-order valence-corrected chi connectivity index (χ1v) is 8.18. The van der Waals surface area contributed by atoms with Crippen molar-refractivity contribution >= 4 is 16.3 Å². The lowest BCUT2D eigenvalue weighted by Gasteiger charge is -2.35. The third-order valence-corrected chi connectivity index (χ3v) is 5.41. The smallest absolute Gasteiger partial charge is 0.193 e. The van der Waals surface area contributed by atoms with Crippen molar-refractivity contribution in [1.82, 2.24) is 9.38 Å². The first kappa shape index (κ1) is 13.1. The Labute approximate surface area is 118 Å². The molecule has 3 nitrogen and oxygen atoms in total. The van der Waals surface area contributed by atoms with Crippen LogP contribution in [0.3, 0.4) is 0 Å². The average Bonchev–Trinajstić information content (AvgIpc) is 2.92. The second-order valence-electron chi connectivity index (χ2n) is 6.27. The number of nitrogens with zero attached hydrogens (tertiary/aromatic N) is 2. The normalized spacial score (nSPS) is 28.3. The molecule has 1 saturated carbocycles. The molecule has 1 fully saturated rings. The molecule has 0 bridgehead atoms. The highest BCUT2D eigenvalue weighted by atomic mass is 32.1. The van der Waals surface area contributed by atoms with E-state index in [1.54, 1.807) is 11.3 Å². The topological polar surface area (TPSA) is 43.3 Å². The molecule has 1 aliphatic carbocycles. The molecule has 2 N–H and O–H groups in total. The van der Waals surface area contributed by atoms with Gasteiger partial charge in [0, 0.05) is 23.8 Å². The van der Waals surface area contributed by atoms with Crippen LogP contribution in [0.15, 0.2) is 17.8 Å². The van der Waals surface area contributed by atoms with Crippen molar-refractivity contribution in [2.75, 3.05) is 0 Å². The van der Waals surface area contributed by atoms with Crippen LogP contribution in [-0.2, 0) is 6.42 Å². The molecule has 2 heterocycles. The minimum atomic E-state index is 0.356. The number of rotatable bonds is 3. The van der Waals surface area contributed by atoms with Gasteiger partial charge in [-0.25, -0.2) is 4.98 Å². The van der Waals surface area contributed by atoms with Gasteiger partial charge in [0.2, 0.25) is 0 Å². The highest BCUT2D eigenvalue weighted by Crippen LogP contribution is 2.34. The van der Waals surface area contributed by atoms with E-state index in [1.165, 1.54) is 25.0 Å². The van der Waals surface area contributed by atoms with Crippen LogP contribution in [0.1, 0.15) is 38.8 Å². The quantitative estimate of drug-likeness (QED) is 0.935. The SMILES string of the molecule is CC(C)C1CCC(N)C(Cc2cn3ccsc3n2)C1. The van der Waals surface area contributed by atoms with Crippen molar-refractivity contribution in [3.8, 4) is 0 Å². The Bertz CT molecular complexity index is 514. The molecule has 3 atom stereocenters. The molecule has 104 valence electrons. The second-order valence-corrected chi connectivity index (χ2v) is 7.14. The Morgan fingerprint density at radius 1 is 1.47 bits per heavy atom. The van der Waals surface area contributed by atoms with Crippen LogP contribution >= 0.6 is 11.3 Å². The van der Waals surface area contributed by atoms with Crippen LogP contribution in [-0.4, -0.2) is 15.4 Å². The van der Waals surface area contributed by atoms with Crippen LogP contribution in [0, 0.1) is 17.8 Å². The summed E-state index contributed by atoms with van der Waals surface area (Å²) in [7, 11) is 0. The molecular weight excluding hydrogens is 254 g/mol. The number of imidazole rings is 1. The molecule has 2 aromatic rings. The van der Waals surface area contributed by atoms with Crippen molar-refractivity contribution in [3.63, 3.8) is 0 Å². The maximum Gasteiger partial charge on any atom is 0.193 e. The predicted molar refractivity (Wildman–Crippen MR) is 80.4 cm³/mol. The van der Waals surface area contributed by atoms with E-state index in [0.29, 0.717) is 12.0 Å². The van der Waals surface area contributed by atoms with Gasteiger partial charge in [0.25, 0.3) is 0 Å². The van der Waals surface area contributed by atoms with Gasteiger partial charge >= 0.3 is 0 Å². The minimum absolute atomic E-state index is 0.356. The number of hydrogen-bond acceptors (Lipinski definition) is 3. The minimum Gasteiger partial charge on any atom is -0.327 e. The Morgan fingerprint density at radius 2 is 2.32 bits per heavy atom. The van der Waals surface area contributed by atoms with E-state index in [2.05, 4.69) is 36.0 Å². The van der Waals surface area contributed by atoms with Crippen LogP contribution in [0.25, 0.3) is 4.96 Å². The summed E-state index contributed by atoms with van der Waals surface area (Å²) in [6.07, 6.45) is 9.03. The molecule has 3 rings (SSSR count). The van der Waals surface area contributed by atoms with Crippen molar-refractivity contribution < 1.29 is 0 Å². The van der Waals surface area contributed by atoms with E-state index in [4.69, 9.17) is 10.7 Å². The van der Waals surface area contributed by atoms with Gasteiger partial charge in [-0.15, -0.1) is 11.3 Å². The largest absolute Gasteiger partial charge is 0.327 e. The molecule has 2 aromatic heterocycles. The van der Waals surface area contributed by atoms with Gasteiger partial charge in [0.05, 0.1) is 5.69 Å². The fraction of sp³-hybridized carbons (Fsp3) is 0.667. The molecule has 0 radical (unpaired) electrons. The number of aromatic nitrogens is 2. The molecule has 3 unspecified atom stereocenters. The molecule has 0 amide bonds. The van der Waals surface area contributed by atoms with Crippen molar-refractivity contribution in [3.05, 3.63) is 23.5 Å². The van der Waals surface area contributed by atoms with Gasteiger partial charge in [0.1, 0.15) is 0 Å². The van der Waals surface area contributed by atoms with E-state index in [0.717, 1.165) is 23.2 Å². The highest BCUT2D eigenvalue weighted by Gasteiger charge is 2.30. The molecule has 0 aromatic carbocycles. The summed E-state index contributed by atoms with van der Waals surface area (Å²) in [6.45, 7) is 4.68. The molecule has 4 heteroatoms. The second kappa shape index (κ2) is 5.25. The van der Waals surface area contributed by atoms with Crippen LogP contribution in [0.5, 0.6) is 0 Å². The van der Waals surface area contributed by atoms with E-state index in [9.17, 15) is 0 Å². The van der Waals surface area contributed by atoms with E-state index in [-0.39, 0.29) is 0 Å². The van der Waals surface area contributed by atoms with Crippen LogP contribution in [0.4, 0.5) is 0 Å². The highest BCUT2D eigenvalue weighted by molar-refractivity contribution is 7.15. The predicted octanol–water partition coefficient (Wildman–Crippen LogP) is 3.34. The van der Waals surface area contributed by atoms with Crippen molar-refractivity contribution in [1.29, 1.82) is 0 Å². The summed E-state index contributed by atoms with van der Waals surface area (Å²) in [5, 5.41) is 2.08. The fourth-order valence-corrected chi connectivity index (χ4v) is 4.03. The van der Waals surface area contributed by atoms with Crippen molar-refractivity contribution in [2.45, 2.75) is 45.6 Å². The summed E-state index contributed by atoms with van der Waals surface area (Å²) >= 11 is 1.70. The first-order valence-electron chi connectivity index (χ1n) is 7.30. The van der Waals surface area contributed by atoms with Gasteiger partial charge in [0.15, 0.2) is 4.96 Å². The number of thiazole rings is 1. The Kier molecular flexibility index (Phi) is 3.63. The summed E-state index contributed by atoms with van der Waals surface area (Å²) in [6, 6.07) is 0.356. The summed E-state index contributed by atoms with van der Waals surface area (Å²) in [4.78, 5) is 5.79. The van der Waals surface area contributed by atoms with E-state index < -0.39 is 0 Å². The van der Waals surface area contributed by atoms with E-state index >= 15 is 0 Å². The number of hydrogen-bond donors (Lipinski definition) is 1. The average molecular weight is 277 g/mol. The van der Waals surface area contributed by atoms with Gasteiger partial charge in [-0.1, -0.05) is 13.8 Å². The van der Waals surface area contributed by atoms with Crippen LogP contribution < -0.4 is 5.73 Å². The zero-order chi connectivity index (χ0) is 13.4. The zero-order valence-electron chi connectivity index (χ0n) is 11.7. The summed E-state index contributed by atoms with van der Waals surface area (Å²) in [5.41, 5.74) is 7.53. The van der Waals surface area contributed by atoms with Gasteiger partial charge in [-0.2, -0.15) is 0 Å². The molecule has 0 saturated heterocycles. The monoisotopic (exact) mass is 277 g/mol. The molecule has 19 heavy (non-hydrogen) atoms. The van der Waals surface area contributed by atoms with Gasteiger partial charge in [-0.3, -0.25) is 4.40 Å². The van der Waals surface area contributed by atoms with Crippen LogP contribution in [0.2, 0.25) is 0 Å². The Hall–Kier alpha value is -0.870. The van der Waals surface area contributed by atoms with Gasteiger partial charge < -0.3 is 5.73 Å². The lowest BCUT2D eigenvalue weighted by Crippen LogP contribution is -2.38. The maximum atomic E-state index is 6.33.